The van der Waals surface area contributed by atoms with Crippen molar-refractivity contribution in [2.75, 3.05) is 6.54 Å². The lowest BCUT2D eigenvalue weighted by molar-refractivity contribution is 0.0967. The van der Waals surface area contributed by atoms with E-state index in [9.17, 15) is 13.2 Å². The Morgan fingerprint density at radius 2 is 1.65 bits per heavy atom. The summed E-state index contributed by atoms with van der Waals surface area (Å²) in [6.07, 6.45) is 2.53. The number of carbonyl (C=O) groups is 1. The van der Waals surface area contributed by atoms with Gasteiger partial charge in [0.05, 0.1) is 4.90 Å². The summed E-state index contributed by atoms with van der Waals surface area (Å²) < 4.78 is 27.1. The van der Waals surface area contributed by atoms with E-state index in [1.54, 1.807) is 12.1 Å². The van der Waals surface area contributed by atoms with Gasteiger partial charge < -0.3 is 0 Å². The fourth-order valence-electron chi connectivity index (χ4n) is 2.44. The molecule has 0 aliphatic heterocycles. The Hall–Kier alpha value is -1.98. The van der Waals surface area contributed by atoms with Crippen LogP contribution in [0.4, 0.5) is 0 Å². The van der Waals surface area contributed by atoms with Crippen molar-refractivity contribution >= 4 is 15.8 Å². The Morgan fingerprint density at radius 1 is 1.00 bits per heavy atom. The van der Waals surface area contributed by atoms with E-state index in [1.165, 1.54) is 12.1 Å². The van der Waals surface area contributed by atoms with E-state index in [-0.39, 0.29) is 16.6 Å². The van der Waals surface area contributed by atoms with Gasteiger partial charge in [0, 0.05) is 18.0 Å². The standard InChI is InChI=1S/C18H19NO3S/c20-18(15-6-7-15)16-8-10-17(11-9-16)23(21,22)19-13-12-14-4-2-1-3-5-14/h1-5,8-11,15,19H,6-7,12-13H2. The monoisotopic (exact) mass is 329 g/mol. The fraction of sp³-hybridized carbons (Fsp3) is 0.278. The van der Waals surface area contributed by atoms with Crippen LogP contribution in [-0.2, 0) is 16.4 Å². The predicted molar refractivity (Wildman–Crippen MR) is 88.8 cm³/mol. The van der Waals surface area contributed by atoms with Gasteiger partial charge >= 0.3 is 0 Å². The first kappa shape index (κ1) is 15.9. The zero-order valence-electron chi connectivity index (χ0n) is 12.7. The molecule has 0 spiro atoms. The maximum atomic E-state index is 12.3. The normalized spacial score (nSPS) is 14.6. The Kier molecular flexibility index (Phi) is 4.59. The molecule has 5 heteroatoms. The molecule has 1 aliphatic rings. The summed E-state index contributed by atoms with van der Waals surface area (Å²) >= 11 is 0. The maximum absolute atomic E-state index is 12.3. The molecule has 0 bridgehead atoms. The van der Waals surface area contributed by atoms with Crippen LogP contribution in [0.3, 0.4) is 0 Å². The Balaban J connectivity index is 1.61. The lowest BCUT2D eigenvalue weighted by atomic mass is 10.1. The molecule has 0 heterocycles. The van der Waals surface area contributed by atoms with Gasteiger partial charge in [-0.05, 0) is 37.0 Å². The summed E-state index contributed by atoms with van der Waals surface area (Å²) in [6.45, 7) is 0.342. The molecule has 4 nitrogen and oxygen atoms in total. The van der Waals surface area contributed by atoms with Gasteiger partial charge in [-0.2, -0.15) is 0 Å². The molecule has 1 aliphatic carbocycles. The van der Waals surface area contributed by atoms with Crippen LogP contribution in [0, 0.1) is 5.92 Å². The Bertz CT molecular complexity index is 779. The van der Waals surface area contributed by atoms with Gasteiger partial charge in [0.25, 0.3) is 0 Å². The van der Waals surface area contributed by atoms with Crippen LogP contribution in [0.1, 0.15) is 28.8 Å². The molecular formula is C18H19NO3S. The van der Waals surface area contributed by atoms with Crippen LogP contribution in [0.2, 0.25) is 0 Å². The van der Waals surface area contributed by atoms with Gasteiger partial charge in [-0.3, -0.25) is 4.79 Å². The van der Waals surface area contributed by atoms with Crippen LogP contribution in [-0.4, -0.2) is 20.7 Å². The summed E-state index contributed by atoms with van der Waals surface area (Å²) in [5.41, 5.74) is 1.68. The quantitative estimate of drug-likeness (QED) is 0.795. The van der Waals surface area contributed by atoms with Crippen LogP contribution in [0.15, 0.2) is 59.5 Å². The average molecular weight is 329 g/mol. The molecule has 2 aromatic rings. The van der Waals surface area contributed by atoms with E-state index in [1.807, 2.05) is 30.3 Å². The van der Waals surface area contributed by atoms with Crippen molar-refractivity contribution in [3.8, 4) is 0 Å². The van der Waals surface area contributed by atoms with Gasteiger partial charge in [0.15, 0.2) is 5.78 Å². The van der Waals surface area contributed by atoms with Crippen molar-refractivity contribution in [1.82, 2.24) is 4.72 Å². The summed E-state index contributed by atoms with van der Waals surface area (Å²) in [6, 6.07) is 15.9. The minimum atomic E-state index is -3.54. The number of nitrogens with one attached hydrogen (secondary N) is 1. The van der Waals surface area contributed by atoms with E-state index in [2.05, 4.69) is 4.72 Å². The molecule has 0 unspecified atom stereocenters. The summed E-state index contributed by atoms with van der Waals surface area (Å²) in [5, 5.41) is 0. The molecular weight excluding hydrogens is 310 g/mol. The molecule has 3 rings (SSSR count). The van der Waals surface area contributed by atoms with Crippen molar-refractivity contribution < 1.29 is 13.2 Å². The number of rotatable bonds is 7. The van der Waals surface area contributed by atoms with Crippen molar-refractivity contribution in [3.05, 3.63) is 65.7 Å². The number of hydrogen-bond donors (Lipinski definition) is 1. The number of ketones is 1. The van der Waals surface area contributed by atoms with E-state index < -0.39 is 10.0 Å². The van der Waals surface area contributed by atoms with Crippen LogP contribution < -0.4 is 4.72 Å². The largest absolute Gasteiger partial charge is 0.294 e. The highest BCUT2D eigenvalue weighted by Crippen LogP contribution is 2.32. The van der Waals surface area contributed by atoms with Gasteiger partial charge in [-0.15, -0.1) is 0 Å². The zero-order valence-corrected chi connectivity index (χ0v) is 13.6. The van der Waals surface area contributed by atoms with E-state index in [0.717, 1.165) is 18.4 Å². The third-order valence-corrected chi connectivity index (χ3v) is 5.42. The molecule has 23 heavy (non-hydrogen) atoms. The Morgan fingerprint density at radius 3 is 2.26 bits per heavy atom. The summed E-state index contributed by atoms with van der Waals surface area (Å²) in [5.74, 6) is 0.257. The minimum absolute atomic E-state index is 0.117. The van der Waals surface area contributed by atoms with Crippen LogP contribution >= 0.6 is 0 Å². The third kappa shape index (κ3) is 4.06. The van der Waals surface area contributed by atoms with Crippen molar-refractivity contribution in [2.45, 2.75) is 24.2 Å². The van der Waals surface area contributed by atoms with E-state index >= 15 is 0 Å². The minimum Gasteiger partial charge on any atom is -0.294 e. The second-order valence-corrected chi connectivity index (χ2v) is 7.56. The lowest BCUT2D eigenvalue weighted by Gasteiger charge is -2.07. The van der Waals surface area contributed by atoms with Gasteiger partial charge in [0.1, 0.15) is 0 Å². The topological polar surface area (TPSA) is 63.2 Å². The predicted octanol–water partition coefficient (Wildman–Crippen LogP) is 2.80. The zero-order chi connectivity index (χ0) is 16.3. The molecule has 120 valence electrons. The average Bonchev–Trinajstić information content (AvgIpc) is 3.40. The van der Waals surface area contributed by atoms with Gasteiger partial charge in [-0.1, -0.05) is 42.5 Å². The Labute approximate surface area is 136 Å². The number of benzene rings is 2. The number of sulfonamides is 1. The summed E-state index contributed by atoms with van der Waals surface area (Å²) in [4.78, 5) is 12.1. The van der Waals surface area contributed by atoms with Crippen LogP contribution in [0.5, 0.6) is 0 Å². The first-order chi connectivity index (χ1) is 11.1. The first-order valence-corrected chi connectivity index (χ1v) is 9.22. The molecule has 0 saturated heterocycles. The maximum Gasteiger partial charge on any atom is 0.240 e. The highest BCUT2D eigenvalue weighted by Gasteiger charge is 2.30. The smallest absolute Gasteiger partial charge is 0.240 e. The first-order valence-electron chi connectivity index (χ1n) is 7.74. The SMILES string of the molecule is O=C(c1ccc(S(=O)(=O)NCCc2ccccc2)cc1)C1CC1. The van der Waals surface area contributed by atoms with Gasteiger partial charge in [0.2, 0.25) is 10.0 Å². The third-order valence-electron chi connectivity index (χ3n) is 3.95. The van der Waals surface area contributed by atoms with E-state index in [4.69, 9.17) is 0 Å². The molecule has 0 aromatic heterocycles. The van der Waals surface area contributed by atoms with Crippen LogP contribution in [0.25, 0.3) is 0 Å². The van der Waals surface area contributed by atoms with Crippen molar-refractivity contribution in [2.24, 2.45) is 5.92 Å². The molecule has 1 fully saturated rings. The van der Waals surface area contributed by atoms with E-state index in [0.29, 0.717) is 18.5 Å². The molecule has 1 saturated carbocycles. The number of hydrogen-bond acceptors (Lipinski definition) is 3. The molecule has 0 radical (unpaired) electrons. The molecule has 0 amide bonds. The lowest BCUT2D eigenvalue weighted by Crippen LogP contribution is -2.26. The molecule has 1 N–H and O–H groups in total. The molecule has 2 aromatic carbocycles. The second kappa shape index (κ2) is 6.64. The second-order valence-electron chi connectivity index (χ2n) is 5.80. The molecule has 0 atom stereocenters. The van der Waals surface area contributed by atoms with Gasteiger partial charge in [-0.25, -0.2) is 13.1 Å². The van der Waals surface area contributed by atoms with Crippen molar-refractivity contribution in [1.29, 1.82) is 0 Å². The number of Topliss-reactive ketones (excluding diaryl/α,β-unsaturated/α-hetero) is 1. The highest BCUT2D eigenvalue weighted by molar-refractivity contribution is 7.89. The highest BCUT2D eigenvalue weighted by atomic mass is 32.2. The van der Waals surface area contributed by atoms with Crippen molar-refractivity contribution in [3.63, 3.8) is 0 Å². The summed E-state index contributed by atoms with van der Waals surface area (Å²) in [7, 11) is -3.54. The fourth-order valence-corrected chi connectivity index (χ4v) is 3.47. The number of carbonyl (C=O) groups excluding carboxylic acids is 1.